The van der Waals surface area contributed by atoms with Gasteiger partial charge in [0.25, 0.3) is 0 Å². The van der Waals surface area contributed by atoms with Crippen LogP contribution in [0.3, 0.4) is 0 Å². The minimum absolute atomic E-state index is 0.271. The molecule has 0 aliphatic carbocycles. The maximum Gasteiger partial charge on any atom is 0.144 e. The first kappa shape index (κ1) is 10.2. The Morgan fingerprint density at radius 2 is 2.09 bits per heavy atom. The number of hydrogen-bond acceptors (Lipinski definition) is 1. The van der Waals surface area contributed by atoms with Crippen molar-refractivity contribution in [2.24, 2.45) is 5.92 Å². The molecule has 0 saturated heterocycles. The zero-order valence-electron chi connectivity index (χ0n) is 7.61. The van der Waals surface area contributed by atoms with Gasteiger partial charge in [-0.15, -0.1) is 5.92 Å². The second-order valence-corrected chi connectivity index (χ2v) is 3.07. The zero-order valence-corrected chi connectivity index (χ0v) is 7.61. The monoisotopic (exact) mass is 152 g/mol. The van der Waals surface area contributed by atoms with Crippen molar-refractivity contribution in [3.8, 4) is 11.8 Å². The van der Waals surface area contributed by atoms with Crippen LogP contribution < -0.4 is 0 Å². The highest BCUT2D eigenvalue weighted by Crippen LogP contribution is 2.04. The van der Waals surface area contributed by atoms with Crippen LogP contribution in [-0.2, 0) is 4.79 Å². The summed E-state index contributed by atoms with van der Waals surface area (Å²) in [6.07, 6.45) is 2.11. The van der Waals surface area contributed by atoms with Gasteiger partial charge in [0.2, 0.25) is 0 Å². The standard InChI is InChI=1S/C10H16O/c1-4-5-6-10(11)8-7-9(2)3/h9H,6-8H2,1-3H3. The number of carbonyl (C=O) groups is 1. The zero-order chi connectivity index (χ0) is 8.69. The summed E-state index contributed by atoms with van der Waals surface area (Å²) in [5, 5.41) is 0. The Morgan fingerprint density at radius 3 is 2.55 bits per heavy atom. The second kappa shape index (κ2) is 5.97. The van der Waals surface area contributed by atoms with E-state index in [0.29, 0.717) is 18.8 Å². The van der Waals surface area contributed by atoms with E-state index < -0.39 is 0 Å². The Balaban J connectivity index is 3.43. The van der Waals surface area contributed by atoms with Crippen LogP contribution in [0.1, 0.15) is 40.0 Å². The molecule has 0 spiro atoms. The van der Waals surface area contributed by atoms with Crippen molar-refractivity contribution in [2.45, 2.75) is 40.0 Å². The van der Waals surface area contributed by atoms with Gasteiger partial charge in [-0.2, -0.15) is 0 Å². The second-order valence-electron chi connectivity index (χ2n) is 3.07. The topological polar surface area (TPSA) is 17.1 Å². The quantitative estimate of drug-likeness (QED) is 0.565. The highest BCUT2D eigenvalue weighted by Gasteiger charge is 2.00. The molecule has 0 atom stereocenters. The Labute approximate surface area is 69.2 Å². The van der Waals surface area contributed by atoms with E-state index in [2.05, 4.69) is 25.7 Å². The maximum absolute atomic E-state index is 11.0. The molecule has 11 heavy (non-hydrogen) atoms. The minimum atomic E-state index is 0.271. The molecule has 0 radical (unpaired) electrons. The summed E-state index contributed by atoms with van der Waals surface area (Å²) < 4.78 is 0. The number of hydrogen-bond donors (Lipinski definition) is 0. The molecule has 0 unspecified atom stereocenters. The van der Waals surface area contributed by atoms with E-state index in [1.54, 1.807) is 6.92 Å². The van der Waals surface area contributed by atoms with E-state index in [-0.39, 0.29) is 5.78 Å². The first-order valence-electron chi connectivity index (χ1n) is 4.08. The molecule has 0 heterocycles. The Morgan fingerprint density at radius 1 is 1.45 bits per heavy atom. The Hall–Kier alpha value is -0.770. The van der Waals surface area contributed by atoms with E-state index in [9.17, 15) is 4.79 Å². The normalized spacial score (nSPS) is 9.09. The van der Waals surface area contributed by atoms with Crippen molar-refractivity contribution in [3.05, 3.63) is 0 Å². The van der Waals surface area contributed by atoms with Gasteiger partial charge in [-0.25, -0.2) is 0 Å². The lowest BCUT2D eigenvalue weighted by Crippen LogP contribution is -1.98. The molecule has 0 aromatic rings. The van der Waals surface area contributed by atoms with Crippen LogP contribution in [-0.4, -0.2) is 5.78 Å². The fourth-order valence-electron chi connectivity index (χ4n) is 0.725. The van der Waals surface area contributed by atoms with Crippen LogP contribution in [0.4, 0.5) is 0 Å². The molecule has 0 saturated carbocycles. The fraction of sp³-hybridized carbons (Fsp3) is 0.700. The van der Waals surface area contributed by atoms with Crippen molar-refractivity contribution in [1.29, 1.82) is 0 Å². The molecule has 0 aliphatic heterocycles. The molecule has 1 nitrogen and oxygen atoms in total. The number of carbonyl (C=O) groups excluding carboxylic acids is 1. The summed E-state index contributed by atoms with van der Waals surface area (Å²) in [5.41, 5.74) is 0. The van der Waals surface area contributed by atoms with Gasteiger partial charge >= 0.3 is 0 Å². The SMILES string of the molecule is CC#CCC(=O)CCC(C)C. The summed E-state index contributed by atoms with van der Waals surface area (Å²) in [6, 6.07) is 0. The summed E-state index contributed by atoms with van der Waals surface area (Å²) in [5.74, 6) is 6.38. The largest absolute Gasteiger partial charge is 0.299 e. The summed E-state index contributed by atoms with van der Waals surface area (Å²) in [7, 11) is 0. The van der Waals surface area contributed by atoms with Crippen LogP contribution in [0.5, 0.6) is 0 Å². The first-order chi connectivity index (χ1) is 5.16. The molecule has 1 heteroatoms. The average molecular weight is 152 g/mol. The lowest BCUT2D eigenvalue weighted by Gasteiger charge is -2.00. The van der Waals surface area contributed by atoms with Gasteiger partial charge in [0.15, 0.2) is 0 Å². The maximum atomic E-state index is 11.0. The van der Waals surface area contributed by atoms with Crippen molar-refractivity contribution in [2.75, 3.05) is 0 Å². The lowest BCUT2D eigenvalue weighted by molar-refractivity contribution is -0.118. The summed E-state index contributed by atoms with van der Waals surface area (Å²) in [6.45, 7) is 6.01. The smallest absolute Gasteiger partial charge is 0.144 e. The van der Waals surface area contributed by atoms with E-state index in [0.717, 1.165) is 6.42 Å². The third kappa shape index (κ3) is 7.12. The molecule has 0 amide bonds. The van der Waals surface area contributed by atoms with Crippen LogP contribution in [0.15, 0.2) is 0 Å². The molecule has 62 valence electrons. The lowest BCUT2D eigenvalue weighted by atomic mass is 10.0. The van der Waals surface area contributed by atoms with Crippen LogP contribution in [0, 0.1) is 17.8 Å². The fourth-order valence-corrected chi connectivity index (χ4v) is 0.725. The average Bonchev–Trinajstić information content (AvgIpc) is 1.97. The molecular formula is C10H16O. The summed E-state index contributed by atoms with van der Waals surface area (Å²) >= 11 is 0. The van der Waals surface area contributed by atoms with Gasteiger partial charge < -0.3 is 0 Å². The molecule has 0 N–H and O–H groups in total. The van der Waals surface area contributed by atoms with Crippen molar-refractivity contribution in [3.63, 3.8) is 0 Å². The molecular weight excluding hydrogens is 136 g/mol. The van der Waals surface area contributed by atoms with Gasteiger partial charge in [0.1, 0.15) is 5.78 Å². The number of Topliss-reactive ketones (excluding diaryl/α,β-unsaturated/α-hetero) is 1. The predicted octanol–water partition coefficient (Wildman–Crippen LogP) is 2.41. The van der Waals surface area contributed by atoms with Crippen molar-refractivity contribution >= 4 is 5.78 Å². The molecule has 0 rings (SSSR count). The Kier molecular flexibility index (Phi) is 5.56. The van der Waals surface area contributed by atoms with Crippen LogP contribution in [0.25, 0.3) is 0 Å². The van der Waals surface area contributed by atoms with E-state index in [4.69, 9.17) is 0 Å². The third-order valence-electron chi connectivity index (χ3n) is 1.46. The first-order valence-corrected chi connectivity index (χ1v) is 4.08. The number of rotatable bonds is 4. The predicted molar refractivity (Wildman–Crippen MR) is 47.1 cm³/mol. The molecule has 0 bridgehead atoms. The van der Waals surface area contributed by atoms with Crippen LogP contribution in [0.2, 0.25) is 0 Å². The van der Waals surface area contributed by atoms with Crippen LogP contribution >= 0.6 is 0 Å². The van der Waals surface area contributed by atoms with Crippen molar-refractivity contribution < 1.29 is 4.79 Å². The molecule has 0 aliphatic rings. The summed E-state index contributed by atoms with van der Waals surface area (Å²) in [4.78, 5) is 11.0. The Bertz CT molecular complexity index is 169. The molecule has 0 aromatic carbocycles. The molecule has 0 aromatic heterocycles. The highest BCUT2D eigenvalue weighted by molar-refractivity contribution is 5.80. The van der Waals surface area contributed by atoms with Crippen molar-refractivity contribution in [1.82, 2.24) is 0 Å². The minimum Gasteiger partial charge on any atom is -0.299 e. The van der Waals surface area contributed by atoms with E-state index in [1.165, 1.54) is 0 Å². The highest BCUT2D eigenvalue weighted by atomic mass is 16.1. The van der Waals surface area contributed by atoms with Gasteiger partial charge in [0, 0.05) is 6.42 Å². The number of ketones is 1. The van der Waals surface area contributed by atoms with Gasteiger partial charge in [-0.05, 0) is 19.3 Å². The van der Waals surface area contributed by atoms with E-state index >= 15 is 0 Å². The third-order valence-corrected chi connectivity index (χ3v) is 1.46. The van der Waals surface area contributed by atoms with Gasteiger partial charge in [-0.3, -0.25) is 4.79 Å². The van der Waals surface area contributed by atoms with Gasteiger partial charge in [-0.1, -0.05) is 19.8 Å². The molecule has 0 fully saturated rings. The van der Waals surface area contributed by atoms with E-state index in [1.807, 2.05) is 0 Å². The van der Waals surface area contributed by atoms with Gasteiger partial charge in [0.05, 0.1) is 6.42 Å².